The second-order valence-corrected chi connectivity index (χ2v) is 7.08. The number of hydrogen-bond acceptors (Lipinski definition) is 4. The highest BCUT2D eigenvalue weighted by molar-refractivity contribution is 6.74. The zero-order valence-electron chi connectivity index (χ0n) is 13.7. The summed E-state index contributed by atoms with van der Waals surface area (Å²) >= 11 is 0. The van der Waals surface area contributed by atoms with Crippen molar-refractivity contribution in [2.24, 2.45) is 0 Å². The lowest BCUT2D eigenvalue weighted by atomic mass is 10.3. The average molecular weight is 312 g/mol. The number of aromatic nitrogens is 2. The molecule has 0 amide bonds. The van der Waals surface area contributed by atoms with Crippen molar-refractivity contribution in [1.82, 2.24) is 9.55 Å². The molecule has 0 unspecified atom stereocenters. The number of allylic oxidation sites excluding steroid dienone is 1. The van der Waals surface area contributed by atoms with Crippen molar-refractivity contribution < 1.29 is 13.3 Å². The van der Waals surface area contributed by atoms with Gasteiger partial charge in [-0.05, 0) is 27.2 Å². The largest absolute Gasteiger partial charge is 0.558 e. The van der Waals surface area contributed by atoms with Crippen LogP contribution in [0.25, 0.3) is 0 Å². The van der Waals surface area contributed by atoms with Gasteiger partial charge in [0, 0.05) is 39.0 Å². The van der Waals surface area contributed by atoms with Gasteiger partial charge in [-0.15, -0.1) is 6.58 Å². The molecule has 0 saturated heterocycles. The molecule has 0 saturated carbocycles. The van der Waals surface area contributed by atoms with E-state index < -0.39 is 8.80 Å². The summed E-state index contributed by atoms with van der Waals surface area (Å²) in [5.74, 6) is 1.03. The Labute approximate surface area is 129 Å². The van der Waals surface area contributed by atoms with Gasteiger partial charge < -0.3 is 17.8 Å². The number of nitrogens with zero attached hydrogens (tertiary/aromatic N) is 2. The lowest BCUT2D eigenvalue weighted by molar-refractivity contribution is 0.0851. The molecule has 1 rings (SSSR count). The van der Waals surface area contributed by atoms with Crippen LogP contribution in [0.3, 0.4) is 0 Å². The highest BCUT2D eigenvalue weighted by Crippen LogP contribution is 2.12. The molecule has 0 fully saturated rings. The maximum atomic E-state index is 5.91. The normalized spacial score (nSPS) is 11.8. The fourth-order valence-electron chi connectivity index (χ4n) is 2.24. The van der Waals surface area contributed by atoms with Crippen molar-refractivity contribution in [1.29, 1.82) is 0 Å². The summed E-state index contributed by atoms with van der Waals surface area (Å²) in [4.78, 5) is 4.75. The molecule has 120 valence electrons. The fourth-order valence-corrected chi connectivity index (χ4v) is 4.65. The first kappa shape index (κ1) is 18.1. The molecule has 1 aromatic heterocycles. The molecular formula is C15H28N2O3Si. The van der Waals surface area contributed by atoms with Gasteiger partial charge in [-0.1, -0.05) is 13.0 Å². The number of hydrogen-bond donors (Lipinski definition) is 0. The van der Waals surface area contributed by atoms with Crippen LogP contribution in [-0.2, 0) is 26.2 Å². The Morgan fingerprint density at radius 1 is 1.14 bits per heavy atom. The Hall–Kier alpha value is -0.953. The topological polar surface area (TPSA) is 45.5 Å². The predicted octanol–water partition coefficient (Wildman–Crippen LogP) is 2.28. The van der Waals surface area contributed by atoms with E-state index in [2.05, 4.69) is 18.1 Å². The molecule has 0 spiro atoms. The van der Waals surface area contributed by atoms with E-state index in [0.29, 0.717) is 19.8 Å². The Morgan fingerprint density at radius 3 is 2.14 bits per heavy atom. The quantitative estimate of drug-likeness (QED) is 0.464. The molecule has 21 heavy (non-hydrogen) atoms. The van der Waals surface area contributed by atoms with Gasteiger partial charge in [0.25, 0.3) is 0 Å². The average Bonchev–Trinajstić information content (AvgIpc) is 2.84. The van der Waals surface area contributed by atoms with Crippen LogP contribution in [0.5, 0.6) is 0 Å². The maximum absolute atomic E-state index is 5.91. The molecule has 0 atom stereocenters. The van der Waals surface area contributed by atoms with Crippen molar-refractivity contribution in [3.8, 4) is 0 Å². The van der Waals surface area contributed by atoms with Gasteiger partial charge in [0.05, 0.1) is 0 Å². The van der Waals surface area contributed by atoms with Crippen molar-refractivity contribution in [2.45, 2.75) is 47.1 Å². The summed E-state index contributed by atoms with van der Waals surface area (Å²) in [5.41, 5.74) is 0. The Kier molecular flexibility index (Phi) is 7.88. The fraction of sp³-hybridized carbons (Fsp3) is 0.667. The van der Waals surface area contributed by atoms with Gasteiger partial charge in [-0.2, -0.15) is 0 Å². The van der Waals surface area contributed by atoms with Crippen molar-refractivity contribution in [3.05, 3.63) is 24.7 Å². The van der Waals surface area contributed by atoms with E-state index in [1.165, 1.54) is 0 Å². The van der Waals surface area contributed by atoms with Crippen LogP contribution in [0.15, 0.2) is 18.9 Å². The zero-order valence-corrected chi connectivity index (χ0v) is 14.7. The minimum Gasteiger partial charge on any atom is -0.369 e. The second kappa shape index (κ2) is 9.14. The van der Waals surface area contributed by atoms with E-state index in [1.807, 2.05) is 33.0 Å². The molecule has 0 aliphatic heterocycles. The molecule has 0 aliphatic rings. The third-order valence-electron chi connectivity index (χ3n) is 2.98. The second-order valence-electron chi connectivity index (χ2n) is 4.59. The molecule has 1 aromatic rings. The first-order chi connectivity index (χ1) is 10.2. The Bertz CT molecular complexity index is 418. The van der Waals surface area contributed by atoms with Crippen molar-refractivity contribution in [2.75, 3.05) is 19.8 Å². The lowest BCUT2D eigenvalue weighted by Crippen LogP contribution is -2.57. The SMILES string of the molecule is C=CCn1cc([Si](OCC)(OCC)OCC)nc1CCC. The van der Waals surface area contributed by atoms with E-state index in [-0.39, 0.29) is 0 Å². The van der Waals surface area contributed by atoms with Gasteiger partial charge in [-0.3, -0.25) is 0 Å². The van der Waals surface area contributed by atoms with Gasteiger partial charge in [-0.25, -0.2) is 4.98 Å². The summed E-state index contributed by atoms with van der Waals surface area (Å²) in [7, 11) is -2.91. The Morgan fingerprint density at radius 2 is 1.71 bits per heavy atom. The predicted molar refractivity (Wildman–Crippen MR) is 86.7 cm³/mol. The van der Waals surface area contributed by atoms with Crippen molar-refractivity contribution in [3.63, 3.8) is 0 Å². The minimum absolute atomic E-state index is 0.545. The maximum Gasteiger partial charge on any atom is 0.558 e. The van der Waals surface area contributed by atoms with Crippen molar-refractivity contribution >= 4 is 14.1 Å². The van der Waals surface area contributed by atoms with Gasteiger partial charge in [0.2, 0.25) is 0 Å². The first-order valence-electron chi connectivity index (χ1n) is 7.76. The van der Waals surface area contributed by atoms with Gasteiger partial charge in [0.1, 0.15) is 11.1 Å². The summed E-state index contributed by atoms with van der Waals surface area (Å²) in [5, 5.41) is 0.804. The molecule has 0 aromatic carbocycles. The van der Waals surface area contributed by atoms with Gasteiger partial charge in [0.15, 0.2) is 0 Å². The van der Waals surface area contributed by atoms with Crippen LogP contribution in [0.2, 0.25) is 0 Å². The van der Waals surface area contributed by atoms with Crippen LogP contribution in [0.1, 0.15) is 39.9 Å². The molecule has 6 heteroatoms. The van der Waals surface area contributed by atoms with E-state index >= 15 is 0 Å². The Balaban J connectivity index is 3.21. The smallest absolute Gasteiger partial charge is 0.369 e. The standard InChI is InChI=1S/C15H28N2O3Si/c1-6-11-14-16-15(13-17(14)12-7-2)21(18-8-3,19-9-4)20-10-5/h7,13H,2,6,8-12H2,1,3-5H3. The summed E-state index contributed by atoms with van der Waals surface area (Å²) in [6.45, 7) is 14.2. The summed E-state index contributed by atoms with van der Waals surface area (Å²) in [6, 6.07) is 0. The molecular weight excluding hydrogens is 284 g/mol. The first-order valence-corrected chi connectivity index (χ1v) is 9.49. The van der Waals surface area contributed by atoms with E-state index in [0.717, 1.165) is 30.5 Å². The van der Waals surface area contributed by atoms with Crippen LogP contribution in [-0.4, -0.2) is 38.2 Å². The number of rotatable bonds is 11. The molecule has 0 aliphatic carbocycles. The van der Waals surface area contributed by atoms with Crippen LogP contribution in [0, 0.1) is 0 Å². The lowest BCUT2D eigenvalue weighted by Gasteiger charge is -2.26. The molecule has 0 radical (unpaired) electrons. The van der Waals surface area contributed by atoms with E-state index in [1.54, 1.807) is 0 Å². The van der Waals surface area contributed by atoms with E-state index in [9.17, 15) is 0 Å². The third-order valence-corrected chi connectivity index (χ3v) is 5.85. The highest BCUT2D eigenvalue weighted by Gasteiger charge is 2.46. The molecule has 0 N–H and O–H groups in total. The summed E-state index contributed by atoms with van der Waals surface area (Å²) < 4.78 is 19.8. The minimum atomic E-state index is -2.91. The number of imidazole rings is 1. The third kappa shape index (κ3) is 4.51. The molecule has 0 bridgehead atoms. The van der Waals surface area contributed by atoms with E-state index in [4.69, 9.17) is 18.3 Å². The summed E-state index contributed by atoms with van der Waals surface area (Å²) in [6.07, 6.45) is 5.83. The highest BCUT2D eigenvalue weighted by atomic mass is 28.4. The monoisotopic (exact) mass is 312 g/mol. The number of aryl methyl sites for hydroxylation is 1. The van der Waals surface area contributed by atoms with Crippen LogP contribution >= 0.6 is 0 Å². The molecule has 5 nitrogen and oxygen atoms in total. The molecule has 1 heterocycles. The van der Waals surface area contributed by atoms with Crippen LogP contribution in [0.4, 0.5) is 0 Å². The van der Waals surface area contributed by atoms with Crippen LogP contribution < -0.4 is 5.32 Å². The van der Waals surface area contributed by atoms with Gasteiger partial charge >= 0.3 is 8.80 Å². The zero-order chi connectivity index (χ0) is 15.7.